The smallest absolute Gasteiger partial charge is 0.377 e. The Morgan fingerprint density at radius 3 is 2.45 bits per heavy atom. The SMILES string of the molecule is CCCCCCCCOC[C@H](O)[C@H]1OC(=O)C(O)=C1O. The van der Waals surface area contributed by atoms with Gasteiger partial charge in [0.1, 0.15) is 6.10 Å². The molecule has 0 bridgehead atoms. The van der Waals surface area contributed by atoms with Gasteiger partial charge < -0.3 is 24.8 Å². The average Bonchev–Trinajstić information content (AvgIpc) is 2.69. The van der Waals surface area contributed by atoms with Gasteiger partial charge in [-0.3, -0.25) is 0 Å². The van der Waals surface area contributed by atoms with E-state index in [2.05, 4.69) is 11.7 Å². The molecular formula is C14H24O6. The van der Waals surface area contributed by atoms with Gasteiger partial charge in [-0.05, 0) is 6.42 Å². The molecule has 0 fully saturated rings. The zero-order valence-corrected chi connectivity index (χ0v) is 11.9. The quantitative estimate of drug-likeness (QED) is 0.420. The summed E-state index contributed by atoms with van der Waals surface area (Å²) in [6.45, 7) is 2.63. The molecule has 116 valence electrons. The molecule has 6 heteroatoms. The molecule has 1 heterocycles. The van der Waals surface area contributed by atoms with Crippen molar-refractivity contribution in [2.75, 3.05) is 13.2 Å². The maximum atomic E-state index is 11.0. The van der Waals surface area contributed by atoms with Crippen LogP contribution in [0.3, 0.4) is 0 Å². The molecular weight excluding hydrogens is 264 g/mol. The van der Waals surface area contributed by atoms with Gasteiger partial charge in [0.15, 0.2) is 11.9 Å². The van der Waals surface area contributed by atoms with Gasteiger partial charge in [-0.25, -0.2) is 4.79 Å². The standard InChI is InChI=1S/C14H24O6/c1-2-3-4-5-6-7-8-19-9-10(15)13-11(16)12(17)14(18)20-13/h10,13,15-17H,2-9H2,1H3/t10-,13+/m0/s1. The lowest BCUT2D eigenvalue weighted by atomic mass is 10.1. The fourth-order valence-electron chi connectivity index (χ4n) is 2.00. The first-order chi connectivity index (χ1) is 9.57. The molecule has 1 aliphatic rings. The largest absolute Gasteiger partial charge is 0.505 e. The summed E-state index contributed by atoms with van der Waals surface area (Å²) in [6, 6.07) is 0. The Hall–Kier alpha value is -1.27. The van der Waals surface area contributed by atoms with Crippen LogP contribution in [-0.2, 0) is 14.3 Å². The second-order valence-corrected chi connectivity index (χ2v) is 4.97. The van der Waals surface area contributed by atoms with Crippen LogP contribution in [0.2, 0.25) is 0 Å². The third kappa shape index (κ3) is 5.02. The first kappa shape index (κ1) is 16.8. The van der Waals surface area contributed by atoms with E-state index < -0.39 is 29.7 Å². The van der Waals surface area contributed by atoms with Crippen molar-refractivity contribution in [3.8, 4) is 0 Å². The van der Waals surface area contributed by atoms with Gasteiger partial charge in [-0.1, -0.05) is 39.0 Å². The van der Waals surface area contributed by atoms with Gasteiger partial charge in [0, 0.05) is 6.61 Å². The van der Waals surface area contributed by atoms with Crippen LogP contribution in [0.5, 0.6) is 0 Å². The minimum Gasteiger partial charge on any atom is -0.505 e. The van der Waals surface area contributed by atoms with Gasteiger partial charge >= 0.3 is 5.97 Å². The summed E-state index contributed by atoms with van der Waals surface area (Å²) in [5.74, 6) is -2.50. The highest BCUT2D eigenvalue weighted by Gasteiger charge is 2.39. The molecule has 0 saturated carbocycles. The van der Waals surface area contributed by atoms with E-state index in [1.807, 2.05) is 0 Å². The Bertz CT molecular complexity index is 339. The molecule has 1 aliphatic heterocycles. The van der Waals surface area contributed by atoms with Crippen LogP contribution in [0.25, 0.3) is 0 Å². The Labute approximate surface area is 119 Å². The number of esters is 1. The predicted molar refractivity (Wildman–Crippen MR) is 72.4 cm³/mol. The third-order valence-electron chi connectivity index (χ3n) is 3.22. The average molecular weight is 288 g/mol. The highest BCUT2D eigenvalue weighted by atomic mass is 16.6. The number of carbonyl (C=O) groups excluding carboxylic acids is 1. The molecule has 0 radical (unpaired) electrons. The summed E-state index contributed by atoms with van der Waals surface area (Å²) in [4.78, 5) is 11.0. The lowest BCUT2D eigenvalue weighted by Crippen LogP contribution is -2.33. The molecule has 0 aromatic heterocycles. The number of ether oxygens (including phenoxy) is 2. The minimum absolute atomic E-state index is 0.0513. The number of aliphatic hydroxyl groups excluding tert-OH is 3. The van der Waals surface area contributed by atoms with Crippen molar-refractivity contribution in [2.45, 2.75) is 57.7 Å². The van der Waals surface area contributed by atoms with Gasteiger partial charge in [-0.15, -0.1) is 0 Å². The second kappa shape index (κ2) is 8.81. The highest BCUT2D eigenvalue weighted by molar-refractivity contribution is 5.89. The van der Waals surface area contributed by atoms with Crippen LogP contribution < -0.4 is 0 Å². The first-order valence-electron chi connectivity index (χ1n) is 7.16. The summed E-state index contributed by atoms with van der Waals surface area (Å²) >= 11 is 0. The van der Waals surface area contributed by atoms with E-state index in [4.69, 9.17) is 9.84 Å². The maximum Gasteiger partial charge on any atom is 0.377 e. The van der Waals surface area contributed by atoms with Gasteiger partial charge in [0.2, 0.25) is 5.76 Å². The first-order valence-corrected chi connectivity index (χ1v) is 7.16. The number of carbonyl (C=O) groups is 1. The Balaban J connectivity index is 2.09. The van der Waals surface area contributed by atoms with Crippen LogP contribution in [0.4, 0.5) is 0 Å². The van der Waals surface area contributed by atoms with Gasteiger partial charge in [0.05, 0.1) is 6.61 Å². The molecule has 0 saturated heterocycles. The molecule has 0 spiro atoms. The number of hydrogen-bond acceptors (Lipinski definition) is 6. The van der Waals surface area contributed by atoms with Crippen LogP contribution in [0, 0.1) is 0 Å². The number of aliphatic hydroxyl groups is 3. The van der Waals surface area contributed by atoms with E-state index in [0.717, 1.165) is 12.8 Å². The molecule has 1 rings (SSSR count). The molecule has 0 unspecified atom stereocenters. The maximum absolute atomic E-state index is 11.0. The number of hydrogen-bond donors (Lipinski definition) is 3. The summed E-state index contributed by atoms with van der Waals surface area (Å²) in [6.07, 6.45) is 4.46. The summed E-state index contributed by atoms with van der Waals surface area (Å²) < 4.78 is 9.90. The lowest BCUT2D eigenvalue weighted by Gasteiger charge is -2.17. The van der Waals surface area contributed by atoms with E-state index >= 15 is 0 Å². The molecule has 0 amide bonds. The van der Waals surface area contributed by atoms with Crippen LogP contribution in [0.15, 0.2) is 11.5 Å². The topological polar surface area (TPSA) is 96.2 Å². The van der Waals surface area contributed by atoms with E-state index in [0.29, 0.717) is 6.61 Å². The zero-order valence-electron chi connectivity index (χ0n) is 11.9. The fourth-order valence-corrected chi connectivity index (χ4v) is 2.00. The molecule has 0 aromatic carbocycles. The Morgan fingerprint density at radius 1 is 1.20 bits per heavy atom. The molecule has 3 N–H and O–H groups in total. The van der Waals surface area contributed by atoms with Crippen molar-refractivity contribution in [3.63, 3.8) is 0 Å². The Kier molecular flexibility index (Phi) is 7.40. The lowest BCUT2D eigenvalue weighted by molar-refractivity contribution is -0.148. The predicted octanol–water partition coefficient (Wildman–Crippen LogP) is 1.98. The molecule has 6 nitrogen and oxygen atoms in total. The van der Waals surface area contributed by atoms with Crippen LogP contribution >= 0.6 is 0 Å². The molecule has 0 aliphatic carbocycles. The van der Waals surface area contributed by atoms with Gasteiger partial charge in [-0.2, -0.15) is 0 Å². The highest BCUT2D eigenvalue weighted by Crippen LogP contribution is 2.21. The Morgan fingerprint density at radius 2 is 1.85 bits per heavy atom. The van der Waals surface area contributed by atoms with Crippen molar-refractivity contribution >= 4 is 5.97 Å². The van der Waals surface area contributed by atoms with Gasteiger partial charge in [0.25, 0.3) is 0 Å². The van der Waals surface area contributed by atoms with Crippen molar-refractivity contribution in [2.24, 2.45) is 0 Å². The minimum atomic E-state index is -1.23. The number of cyclic esters (lactones) is 1. The number of unbranched alkanes of at least 4 members (excludes halogenated alkanes) is 5. The van der Waals surface area contributed by atoms with Crippen molar-refractivity contribution in [1.82, 2.24) is 0 Å². The monoisotopic (exact) mass is 288 g/mol. The fraction of sp³-hybridized carbons (Fsp3) is 0.786. The van der Waals surface area contributed by atoms with Crippen molar-refractivity contribution < 1.29 is 29.6 Å². The molecule has 20 heavy (non-hydrogen) atoms. The summed E-state index contributed by atoms with van der Waals surface area (Å²) in [5.41, 5.74) is 0. The van der Waals surface area contributed by atoms with Crippen molar-refractivity contribution in [3.05, 3.63) is 11.5 Å². The molecule has 2 atom stereocenters. The van der Waals surface area contributed by atoms with E-state index in [9.17, 15) is 15.0 Å². The number of rotatable bonds is 10. The third-order valence-corrected chi connectivity index (χ3v) is 3.22. The zero-order chi connectivity index (χ0) is 15.0. The normalized spacial score (nSPS) is 20.3. The second-order valence-electron chi connectivity index (χ2n) is 4.97. The summed E-state index contributed by atoms with van der Waals surface area (Å²) in [5, 5.41) is 28.2. The van der Waals surface area contributed by atoms with E-state index in [-0.39, 0.29) is 6.61 Å². The summed E-state index contributed by atoms with van der Waals surface area (Å²) in [7, 11) is 0. The van der Waals surface area contributed by atoms with Crippen molar-refractivity contribution in [1.29, 1.82) is 0 Å². The van der Waals surface area contributed by atoms with Crippen LogP contribution in [-0.4, -0.2) is 46.7 Å². The van der Waals surface area contributed by atoms with E-state index in [1.165, 1.54) is 25.7 Å². The van der Waals surface area contributed by atoms with Crippen LogP contribution in [0.1, 0.15) is 45.4 Å². The van der Waals surface area contributed by atoms with E-state index in [1.54, 1.807) is 0 Å². The molecule has 0 aromatic rings.